The molecule has 102 valence electrons. The SMILES string of the molecule is CC1=C2C(C(=O)C(S(=O)(=O)O)=C1)C1C3CCC(C3)C21. The van der Waals surface area contributed by atoms with Gasteiger partial charge in [-0.1, -0.05) is 5.57 Å². The van der Waals surface area contributed by atoms with Gasteiger partial charge in [-0.15, -0.1) is 0 Å². The van der Waals surface area contributed by atoms with Gasteiger partial charge in [-0.05, 0) is 61.5 Å². The highest BCUT2D eigenvalue weighted by molar-refractivity contribution is 7.90. The summed E-state index contributed by atoms with van der Waals surface area (Å²) in [7, 11) is -4.39. The molecule has 3 fully saturated rings. The first-order chi connectivity index (χ1) is 8.89. The Morgan fingerprint density at radius 2 is 1.95 bits per heavy atom. The van der Waals surface area contributed by atoms with Crippen LogP contribution in [-0.4, -0.2) is 18.8 Å². The summed E-state index contributed by atoms with van der Waals surface area (Å²) in [4.78, 5) is 12.0. The predicted octanol–water partition coefficient (Wildman–Crippen LogP) is 1.95. The van der Waals surface area contributed by atoms with E-state index in [-0.39, 0.29) is 11.7 Å². The van der Waals surface area contributed by atoms with Crippen molar-refractivity contribution < 1.29 is 17.8 Å². The summed E-state index contributed by atoms with van der Waals surface area (Å²) in [6.45, 7) is 1.86. The Bertz CT molecular complexity index is 655. The van der Waals surface area contributed by atoms with Gasteiger partial charge in [0, 0.05) is 5.92 Å². The fourth-order valence-corrected chi connectivity index (χ4v) is 5.81. The third-order valence-corrected chi connectivity index (χ3v) is 6.54. The van der Waals surface area contributed by atoms with Crippen LogP contribution in [0.5, 0.6) is 0 Å². The van der Waals surface area contributed by atoms with E-state index in [2.05, 4.69) is 0 Å². The van der Waals surface area contributed by atoms with Gasteiger partial charge in [0.2, 0.25) is 0 Å². The minimum atomic E-state index is -4.39. The average molecular weight is 280 g/mol. The third kappa shape index (κ3) is 1.32. The zero-order valence-corrected chi connectivity index (χ0v) is 11.5. The summed E-state index contributed by atoms with van der Waals surface area (Å²) >= 11 is 0. The maximum absolute atomic E-state index is 12.4. The van der Waals surface area contributed by atoms with Crippen LogP contribution in [-0.2, 0) is 14.9 Å². The lowest BCUT2D eigenvalue weighted by Gasteiger charge is -2.51. The lowest BCUT2D eigenvalue weighted by atomic mass is 9.52. The maximum atomic E-state index is 12.4. The molecule has 0 radical (unpaired) electrons. The molecule has 3 saturated carbocycles. The first-order valence-corrected chi connectivity index (χ1v) is 8.27. The Balaban J connectivity index is 1.83. The predicted molar refractivity (Wildman–Crippen MR) is 68.6 cm³/mol. The molecular formula is C14H16O4S. The van der Waals surface area contributed by atoms with Crippen molar-refractivity contribution in [3.05, 3.63) is 22.1 Å². The van der Waals surface area contributed by atoms with E-state index in [1.165, 1.54) is 25.3 Å². The number of ketones is 1. The Kier molecular flexibility index (Phi) is 2.11. The number of carbonyl (C=O) groups excluding carboxylic acids is 1. The van der Waals surface area contributed by atoms with E-state index in [1.807, 2.05) is 6.92 Å². The molecule has 0 aliphatic heterocycles. The van der Waals surface area contributed by atoms with Crippen LogP contribution < -0.4 is 0 Å². The van der Waals surface area contributed by atoms with Gasteiger partial charge in [0.15, 0.2) is 5.78 Å². The standard InChI is InChI=1S/C14H16O4S/c1-6-4-9(19(16,17)18)14(15)13-10(6)11-7-2-3-8(5-7)12(11)13/h4,7-8,11-13H,2-3,5H2,1H3,(H,16,17,18). The molecule has 1 N–H and O–H groups in total. The normalized spacial score (nSPS) is 43.8. The van der Waals surface area contributed by atoms with Crippen LogP contribution in [0, 0.1) is 29.6 Å². The zero-order chi connectivity index (χ0) is 13.5. The summed E-state index contributed by atoms with van der Waals surface area (Å²) in [5.74, 6) is 1.48. The molecule has 5 heteroatoms. The topological polar surface area (TPSA) is 71.4 Å². The Hall–Kier alpha value is -0.940. The Labute approximate surface area is 112 Å². The molecule has 19 heavy (non-hydrogen) atoms. The highest BCUT2D eigenvalue weighted by Crippen LogP contribution is 2.68. The molecular weight excluding hydrogens is 264 g/mol. The van der Waals surface area contributed by atoms with Crippen molar-refractivity contribution in [2.75, 3.05) is 0 Å². The van der Waals surface area contributed by atoms with Crippen LogP contribution in [0.3, 0.4) is 0 Å². The molecule has 0 aromatic carbocycles. The van der Waals surface area contributed by atoms with E-state index in [9.17, 15) is 17.8 Å². The maximum Gasteiger partial charge on any atom is 0.298 e. The van der Waals surface area contributed by atoms with E-state index >= 15 is 0 Å². The quantitative estimate of drug-likeness (QED) is 0.745. The smallest absolute Gasteiger partial charge is 0.293 e. The summed E-state index contributed by atoms with van der Waals surface area (Å²) in [5, 5.41) is 0. The number of fused-ring (bicyclic) bond motifs is 8. The van der Waals surface area contributed by atoms with Gasteiger partial charge in [-0.25, -0.2) is 0 Å². The minimum Gasteiger partial charge on any atom is -0.293 e. The van der Waals surface area contributed by atoms with E-state index in [0.29, 0.717) is 23.7 Å². The highest BCUT2D eigenvalue weighted by atomic mass is 32.2. The number of rotatable bonds is 1. The molecule has 0 amide bonds. The number of hydrogen-bond donors (Lipinski definition) is 1. The van der Waals surface area contributed by atoms with Gasteiger partial charge in [-0.2, -0.15) is 8.42 Å². The molecule has 0 aromatic rings. The molecule has 5 atom stereocenters. The second-order valence-electron chi connectivity index (χ2n) is 6.40. The number of allylic oxidation sites excluding steroid dienone is 4. The molecule has 4 nitrogen and oxygen atoms in total. The van der Waals surface area contributed by atoms with Crippen molar-refractivity contribution in [2.24, 2.45) is 29.6 Å². The van der Waals surface area contributed by atoms with E-state index in [1.54, 1.807) is 0 Å². The number of Topliss-reactive ketones (excluding diaryl/α,β-unsaturated/α-hetero) is 1. The van der Waals surface area contributed by atoms with Gasteiger partial charge in [0.05, 0.1) is 0 Å². The van der Waals surface area contributed by atoms with Crippen molar-refractivity contribution in [1.29, 1.82) is 0 Å². The number of hydrogen-bond acceptors (Lipinski definition) is 3. The van der Waals surface area contributed by atoms with Crippen molar-refractivity contribution in [3.63, 3.8) is 0 Å². The van der Waals surface area contributed by atoms with Crippen LogP contribution in [0.15, 0.2) is 22.1 Å². The summed E-state index contributed by atoms with van der Waals surface area (Å²) < 4.78 is 31.8. The van der Waals surface area contributed by atoms with Crippen molar-refractivity contribution in [3.8, 4) is 0 Å². The van der Waals surface area contributed by atoms with Gasteiger partial charge >= 0.3 is 0 Å². The molecule has 4 aliphatic carbocycles. The van der Waals surface area contributed by atoms with Gasteiger partial charge < -0.3 is 0 Å². The lowest BCUT2D eigenvalue weighted by molar-refractivity contribution is -0.123. The molecule has 0 spiro atoms. The van der Waals surface area contributed by atoms with Crippen molar-refractivity contribution in [2.45, 2.75) is 26.2 Å². The summed E-state index contributed by atoms with van der Waals surface area (Å²) in [5.41, 5.74) is 2.04. The van der Waals surface area contributed by atoms with Gasteiger partial charge in [0.1, 0.15) is 4.91 Å². The summed E-state index contributed by atoms with van der Waals surface area (Å²) in [6.07, 6.45) is 4.98. The fourth-order valence-electron chi connectivity index (χ4n) is 5.10. The molecule has 5 unspecified atom stereocenters. The average Bonchev–Trinajstić information content (AvgIpc) is 2.80. The monoisotopic (exact) mass is 280 g/mol. The van der Waals surface area contributed by atoms with Crippen molar-refractivity contribution >= 4 is 15.9 Å². The third-order valence-electron chi connectivity index (χ3n) is 5.67. The van der Waals surface area contributed by atoms with Crippen LogP contribution in [0.2, 0.25) is 0 Å². The van der Waals surface area contributed by atoms with Crippen LogP contribution >= 0.6 is 0 Å². The zero-order valence-electron chi connectivity index (χ0n) is 10.7. The fraction of sp³-hybridized carbons (Fsp3) is 0.643. The Morgan fingerprint density at radius 3 is 2.63 bits per heavy atom. The highest BCUT2D eigenvalue weighted by Gasteiger charge is 2.63. The molecule has 0 heterocycles. The second kappa shape index (κ2) is 3.38. The van der Waals surface area contributed by atoms with E-state index in [0.717, 1.165) is 11.1 Å². The first-order valence-electron chi connectivity index (χ1n) is 6.83. The lowest BCUT2D eigenvalue weighted by Crippen LogP contribution is -2.50. The van der Waals surface area contributed by atoms with Crippen LogP contribution in [0.4, 0.5) is 0 Å². The minimum absolute atomic E-state index is 0.262. The van der Waals surface area contributed by atoms with Crippen LogP contribution in [0.25, 0.3) is 0 Å². The van der Waals surface area contributed by atoms with Crippen LogP contribution in [0.1, 0.15) is 26.2 Å². The molecule has 0 saturated heterocycles. The molecule has 4 aliphatic rings. The largest absolute Gasteiger partial charge is 0.298 e. The Morgan fingerprint density at radius 1 is 1.26 bits per heavy atom. The molecule has 0 aromatic heterocycles. The van der Waals surface area contributed by atoms with E-state index in [4.69, 9.17) is 0 Å². The summed E-state index contributed by atoms with van der Waals surface area (Å²) in [6, 6.07) is 0. The van der Waals surface area contributed by atoms with Gasteiger partial charge in [0.25, 0.3) is 10.1 Å². The molecule has 4 rings (SSSR count). The van der Waals surface area contributed by atoms with Gasteiger partial charge in [-0.3, -0.25) is 9.35 Å². The first kappa shape index (κ1) is 11.9. The van der Waals surface area contributed by atoms with E-state index < -0.39 is 15.0 Å². The number of carbonyl (C=O) groups is 1. The molecule has 2 bridgehead atoms. The van der Waals surface area contributed by atoms with Crippen molar-refractivity contribution in [1.82, 2.24) is 0 Å². The second-order valence-corrected chi connectivity index (χ2v) is 7.79.